The molecule has 1 atom stereocenters. The standard InChI is InChI=1S/C10H13N3O3/c14-13(15)9-2-1-4-12-10(9)16-7-8-3-5-11-6-8/h1-2,4,8,11H,3,5-7H2/t8-/m1/s1. The van der Waals surface area contributed by atoms with Crippen molar-refractivity contribution >= 4 is 5.69 Å². The van der Waals surface area contributed by atoms with E-state index < -0.39 is 4.92 Å². The number of nitro groups is 1. The van der Waals surface area contributed by atoms with Crippen molar-refractivity contribution in [2.24, 2.45) is 5.92 Å². The first-order chi connectivity index (χ1) is 7.77. The molecule has 16 heavy (non-hydrogen) atoms. The number of nitrogens with one attached hydrogen (secondary N) is 1. The maximum atomic E-state index is 10.7. The first kappa shape index (κ1) is 10.8. The highest BCUT2D eigenvalue weighted by Gasteiger charge is 2.19. The van der Waals surface area contributed by atoms with Crippen molar-refractivity contribution in [1.29, 1.82) is 0 Å². The smallest absolute Gasteiger partial charge is 0.330 e. The molecule has 0 saturated carbocycles. The first-order valence-electron chi connectivity index (χ1n) is 5.20. The van der Waals surface area contributed by atoms with Crippen LogP contribution in [0, 0.1) is 16.0 Å². The Hall–Kier alpha value is -1.69. The zero-order chi connectivity index (χ0) is 11.4. The summed E-state index contributed by atoms with van der Waals surface area (Å²) in [5.74, 6) is 0.529. The van der Waals surface area contributed by atoms with Gasteiger partial charge in [0.05, 0.1) is 11.5 Å². The summed E-state index contributed by atoms with van der Waals surface area (Å²) in [7, 11) is 0. The summed E-state index contributed by atoms with van der Waals surface area (Å²) in [6.07, 6.45) is 2.54. The Bertz CT molecular complexity index is 377. The fraction of sp³-hybridized carbons (Fsp3) is 0.500. The SMILES string of the molecule is O=[N+]([O-])c1cccnc1OC[C@@H]1CCNC1. The van der Waals surface area contributed by atoms with E-state index in [1.807, 2.05) is 0 Å². The van der Waals surface area contributed by atoms with Gasteiger partial charge in [-0.25, -0.2) is 4.98 Å². The summed E-state index contributed by atoms with van der Waals surface area (Å²) >= 11 is 0. The van der Waals surface area contributed by atoms with E-state index in [-0.39, 0.29) is 11.6 Å². The molecule has 2 heterocycles. The maximum Gasteiger partial charge on any atom is 0.330 e. The van der Waals surface area contributed by atoms with E-state index in [9.17, 15) is 10.1 Å². The Morgan fingerprint density at radius 2 is 2.56 bits per heavy atom. The zero-order valence-electron chi connectivity index (χ0n) is 8.76. The third-order valence-electron chi connectivity index (χ3n) is 2.57. The highest BCUT2D eigenvalue weighted by Crippen LogP contribution is 2.23. The van der Waals surface area contributed by atoms with E-state index >= 15 is 0 Å². The first-order valence-corrected chi connectivity index (χ1v) is 5.20. The number of aromatic nitrogens is 1. The Balaban J connectivity index is 2.00. The monoisotopic (exact) mass is 223 g/mol. The molecule has 2 rings (SSSR count). The highest BCUT2D eigenvalue weighted by molar-refractivity contribution is 5.39. The average molecular weight is 223 g/mol. The Labute approximate surface area is 92.8 Å². The summed E-state index contributed by atoms with van der Waals surface area (Å²) in [6.45, 7) is 2.36. The molecule has 1 N–H and O–H groups in total. The Morgan fingerprint density at radius 3 is 3.25 bits per heavy atom. The van der Waals surface area contributed by atoms with Crippen LogP contribution < -0.4 is 10.1 Å². The number of pyridine rings is 1. The largest absolute Gasteiger partial charge is 0.472 e. The molecule has 1 aromatic rings. The molecule has 6 heteroatoms. The van der Waals surface area contributed by atoms with Gasteiger partial charge < -0.3 is 10.1 Å². The maximum absolute atomic E-state index is 10.7. The average Bonchev–Trinajstić information content (AvgIpc) is 2.79. The van der Waals surface area contributed by atoms with Crippen molar-refractivity contribution in [1.82, 2.24) is 10.3 Å². The Kier molecular flexibility index (Phi) is 3.31. The third-order valence-corrected chi connectivity index (χ3v) is 2.57. The van der Waals surface area contributed by atoms with E-state index in [0.29, 0.717) is 12.5 Å². The molecule has 0 amide bonds. The summed E-state index contributed by atoms with van der Waals surface area (Å²) in [5.41, 5.74) is -0.0755. The van der Waals surface area contributed by atoms with Gasteiger partial charge in [-0.15, -0.1) is 0 Å². The van der Waals surface area contributed by atoms with Gasteiger partial charge in [0, 0.05) is 24.7 Å². The molecule has 86 valence electrons. The molecule has 1 saturated heterocycles. The summed E-state index contributed by atoms with van der Waals surface area (Å²) in [5, 5.41) is 13.9. The fourth-order valence-corrected chi connectivity index (χ4v) is 1.69. The minimum Gasteiger partial charge on any atom is -0.472 e. The lowest BCUT2D eigenvalue weighted by atomic mass is 10.1. The summed E-state index contributed by atoms with van der Waals surface area (Å²) < 4.78 is 5.39. The lowest BCUT2D eigenvalue weighted by Crippen LogP contribution is -2.16. The van der Waals surface area contributed by atoms with Crippen molar-refractivity contribution in [2.45, 2.75) is 6.42 Å². The molecule has 1 aliphatic heterocycles. The van der Waals surface area contributed by atoms with Crippen molar-refractivity contribution in [2.75, 3.05) is 19.7 Å². The summed E-state index contributed by atoms with van der Waals surface area (Å²) in [4.78, 5) is 14.1. The van der Waals surface area contributed by atoms with Crippen LogP contribution in [-0.2, 0) is 0 Å². The minimum atomic E-state index is -0.477. The van der Waals surface area contributed by atoms with Crippen molar-refractivity contribution in [3.63, 3.8) is 0 Å². The van der Waals surface area contributed by atoms with Gasteiger partial charge in [0.2, 0.25) is 0 Å². The van der Waals surface area contributed by atoms with Gasteiger partial charge in [-0.05, 0) is 19.0 Å². The molecule has 1 aromatic heterocycles. The van der Waals surface area contributed by atoms with Crippen LogP contribution in [0.2, 0.25) is 0 Å². The van der Waals surface area contributed by atoms with Gasteiger partial charge in [0.1, 0.15) is 0 Å². The van der Waals surface area contributed by atoms with Crippen LogP contribution >= 0.6 is 0 Å². The van der Waals surface area contributed by atoms with Crippen LogP contribution in [0.1, 0.15) is 6.42 Å². The topological polar surface area (TPSA) is 77.3 Å². The predicted molar refractivity (Wildman–Crippen MR) is 57.4 cm³/mol. The van der Waals surface area contributed by atoms with Gasteiger partial charge >= 0.3 is 5.69 Å². The van der Waals surface area contributed by atoms with Crippen LogP contribution in [0.5, 0.6) is 5.88 Å². The van der Waals surface area contributed by atoms with E-state index in [1.54, 1.807) is 0 Å². The second-order valence-electron chi connectivity index (χ2n) is 3.75. The van der Waals surface area contributed by atoms with E-state index in [2.05, 4.69) is 10.3 Å². The van der Waals surface area contributed by atoms with Crippen LogP contribution in [-0.4, -0.2) is 29.6 Å². The van der Waals surface area contributed by atoms with Crippen LogP contribution in [0.4, 0.5) is 5.69 Å². The van der Waals surface area contributed by atoms with Crippen LogP contribution in [0.25, 0.3) is 0 Å². The number of nitrogens with zero attached hydrogens (tertiary/aromatic N) is 2. The molecule has 0 bridgehead atoms. The van der Waals surface area contributed by atoms with Crippen molar-refractivity contribution in [3.8, 4) is 5.88 Å². The molecule has 6 nitrogen and oxygen atoms in total. The lowest BCUT2D eigenvalue weighted by Gasteiger charge is -2.09. The predicted octanol–water partition coefficient (Wildman–Crippen LogP) is 0.978. The van der Waals surface area contributed by atoms with Crippen molar-refractivity contribution < 1.29 is 9.66 Å². The number of rotatable bonds is 4. The van der Waals surface area contributed by atoms with E-state index in [4.69, 9.17) is 4.74 Å². The number of ether oxygens (including phenoxy) is 1. The second-order valence-corrected chi connectivity index (χ2v) is 3.75. The third kappa shape index (κ3) is 2.46. The second kappa shape index (κ2) is 4.89. The molecule has 0 radical (unpaired) electrons. The molecule has 1 aliphatic rings. The number of hydrogen-bond acceptors (Lipinski definition) is 5. The lowest BCUT2D eigenvalue weighted by molar-refractivity contribution is -0.386. The van der Waals surface area contributed by atoms with Crippen molar-refractivity contribution in [3.05, 3.63) is 28.4 Å². The highest BCUT2D eigenvalue weighted by atomic mass is 16.6. The van der Waals surface area contributed by atoms with E-state index in [1.165, 1.54) is 18.3 Å². The molecule has 0 aromatic carbocycles. The quantitative estimate of drug-likeness (QED) is 0.608. The van der Waals surface area contributed by atoms with Crippen LogP contribution in [0.3, 0.4) is 0 Å². The molecular formula is C10H13N3O3. The zero-order valence-corrected chi connectivity index (χ0v) is 8.76. The van der Waals surface area contributed by atoms with Gasteiger partial charge in [-0.1, -0.05) is 0 Å². The number of hydrogen-bond donors (Lipinski definition) is 1. The molecule has 0 spiro atoms. The molecular weight excluding hydrogens is 210 g/mol. The molecule has 1 fully saturated rings. The fourth-order valence-electron chi connectivity index (χ4n) is 1.69. The van der Waals surface area contributed by atoms with Gasteiger partial charge in [0.25, 0.3) is 5.88 Å². The van der Waals surface area contributed by atoms with Gasteiger partial charge in [-0.3, -0.25) is 10.1 Å². The van der Waals surface area contributed by atoms with E-state index in [0.717, 1.165) is 19.5 Å². The van der Waals surface area contributed by atoms with Gasteiger partial charge in [-0.2, -0.15) is 0 Å². The van der Waals surface area contributed by atoms with Gasteiger partial charge in [0.15, 0.2) is 0 Å². The summed E-state index contributed by atoms with van der Waals surface area (Å²) in [6, 6.07) is 2.93. The Morgan fingerprint density at radius 1 is 1.69 bits per heavy atom. The van der Waals surface area contributed by atoms with Crippen LogP contribution in [0.15, 0.2) is 18.3 Å². The normalized spacial score (nSPS) is 19.6. The molecule has 0 unspecified atom stereocenters. The minimum absolute atomic E-state index is 0.0755. The molecule has 0 aliphatic carbocycles.